The zero-order valence-corrected chi connectivity index (χ0v) is 15.7. The number of rotatable bonds is 5. The fraction of sp³-hybridized carbons (Fsp3) is 0.0952. The number of phenolic OH excluding ortho intramolecular Hbond substituents is 1. The lowest BCUT2D eigenvalue weighted by Crippen LogP contribution is -2.23. The minimum Gasteiger partial charge on any atom is -0.508 e. The van der Waals surface area contributed by atoms with Crippen molar-refractivity contribution in [1.29, 1.82) is 0 Å². The van der Waals surface area contributed by atoms with E-state index in [2.05, 4.69) is 27.9 Å². The molecule has 0 fully saturated rings. The van der Waals surface area contributed by atoms with Gasteiger partial charge in [0.25, 0.3) is 0 Å². The number of hydrogen-bond donors (Lipinski definition) is 2. The average molecular weight is 443 g/mol. The van der Waals surface area contributed by atoms with E-state index >= 15 is 0 Å². The summed E-state index contributed by atoms with van der Waals surface area (Å²) in [6.45, 7) is 0. The van der Waals surface area contributed by atoms with Gasteiger partial charge >= 0.3 is 0 Å². The molecule has 3 aromatic rings. The molecule has 0 aliphatic rings. The molecule has 25 heavy (non-hydrogen) atoms. The largest absolute Gasteiger partial charge is 0.508 e. The molecule has 0 aromatic heterocycles. The third-order valence-corrected chi connectivity index (χ3v) is 4.73. The average Bonchev–Trinajstić information content (AvgIpc) is 2.63. The van der Waals surface area contributed by atoms with Crippen molar-refractivity contribution >= 4 is 34.2 Å². The van der Waals surface area contributed by atoms with Crippen LogP contribution in [0.15, 0.2) is 78.9 Å². The maximum Gasteiger partial charge on any atom is 0.232 e. The molecule has 1 unspecified atom stereocenters. The first-order valence-corrected chi connectivity index (χ1v) is 9.09. The molecular formula is C21H18INO2. The number of hydrogen-bond acceptors (Lipinski definition) is 2. The summed E-state index contributed by atoms with van der Waals surface area (Å²) in [5, 5.41) is 12.5. The third kappa shape index (κ3) is 4.82. The number of anilines is 1. The highest BCUT2D eigenvalue weighted by Crippen LogP contribution is 2.25. The van der Waals surface area contributed by atoms with E-state index in [0.717, 1.165) is 20.4 Å². The van der Waals surface area contributed by atoms with E-state index in [1.807, 2.05) is 54.6 Å². The van der Waals surface area contributed by atoms with E-state index in [4.69, 9.17) is 0 Å². The first-order valence-electron chi connectivity index (χ1n) is 8.01. The monoisotopic (exact) mass is 443 g/mol. The molecule has 0 aliphatic heterocycles. The standard InChI is InChI=1S/C21H18INO2/c22-17-8-10-18(11-9-17)23-21(25)20(14-15-4-2-1-3-5-15)16-6-12-19(24)13-7-16/h1-13,20,24H,14H2,(H,23,25). The van der Waals surface area contributed by atoms with Gasteiger partial charge in [-0.15, -0.1) is 0 Å². The van der Waals surface area contributed by atoms with Gasteiger partial charge < -0.3 is 10.4 Å². The van der Waals surface area contributed by atoms with Crippen molar-refractivity contribution in [2.24, 2.45) is 0 Å². The Kier molecular flexibility index (Phi) is 5.71. The molecular weight excluding hydrogens is 425 g/mol. The number of benzene rings is 3. The van der Waals surface area contributed by atoms with Crippen LogP contribution in [-0.2, 0) is 11.2 Å². The Morgan fingerprint density at radius 3 is 2.20 bits per heavy atom. The van der Waals surface area contributed by atoms with Gasteiger partial charge in [0, 0.05) is 9.26 Å². The van der Waals surface area contributed by atoms with Gasteiger partial charge in [-0.1, -0.05) is 42.5 Å². The van der Waals surface area contributed by atoms with Crippen LogP contribution in [0, 0.1) is 3.57 Å². The lowest BCUT2D eigenvalue weighted by molar-refractivity contribution is -0.117. The number of carbonyl (C=O) groups excluding carboxylic acids is 1. The van der Waals surface area contributed by atoms with Crippen molar-refractivity contribution in [1.82, 2.24) is 0 Å². The number of nitrogens with one attached hydrogen (secondary N) is 1. The zero-order chi connectivity index (χ0) is 17.6. The summed E-state index contributed by atoms with van der Waals surface area (Å²) in [5.74, 6) is -0.196. The molecule has 0 aliphatic carbocycles. The van der Waals surface area contributed by atoms with Gasteiger partial charge in [0.2, 0.25) is 5.91 Å². The Morgan fingerprint density at radius 2 is 1.56 bits per heavy atom. The van der Waals surface area contributed by atoms with Crippen molar-refractivity contribution in [3.63, 3.8) is 0 Å². The Morgan fingerprint density at radius 1 is 0.920 bits per heavy atom. The molecule has 0 saturated heterocycles. The molecule has 1 atom stereocenters. The smallest absolute Gasteiger partial charge is 0.232 e. The SMILES string of the molecule is O=C(Nc1ccc(I)cc1)C(Cc1ccccc1)c1ccc(O)cc1. The number of halogens is 1. The molecule has 0 saturated carbocycles. The summed E-state index contributed by atoms with van der Waals surface area (Å²) < 4.78 is 1.12. The highest BCUT2D eigenvalue weighted by Gasteiger charge is 2.21. The van der Waals surface area contributed by atoms with Gasteiger partial charge in [-0.3, -0.25) is 4.79 Å². The Labute approximate surface area is 160 Å². The van der Waals surface area contributed by atoms with Crippen molar-refractivity contribution in [3.8, 4) is 5.75 Å². The molecule has 126 valence electrons. The Hall–Kier alpha value is -2.34. The van der Waals surface area contributed by atoms with E-state index in [1.54, 1.807) is 24.3 Å². The van der Waals surface area contributed by atoms with Gasteiger partial charge in [-0.25, -0.2) is 0 Å². The van der Waals surface area contributed by atoms with Crippen LogP contribution in [0.4, 0.5) is 5.69 Å². The summed E-state index contributed by atoms with van der Waals surface area (Å²) in [6, 6.07) is 24.5. The lowest BCUT2D eigenvalue weighted by Gasteiger charge is -2.18. The first-order chi connectivity index (χ1) is 12.1. The van der Waals surface area contributed by atoms with Gasteiger partial charge in [-0.05, 0) is 76.5 Å². The second kappa shape index (κ2) is 8.16. The second-order valence-corrected chi connectivity index (χ2v) is 7.08. The van der Waals surface area contributed by atoms with Crippen LogP contribution in [0.2, 0.25) is 0 Å². The summed E-state index contributed by atoms with van der Waals surface area (Å²) in [4.78, 5) is 12.9. The van der Waals surface area contributed by atoms with E-state index in [-0.39, 0.29) is 17.6 Å². The van der Waals surface area contributed by atoms with E-state index in [1.165, 1.54) is 0 Å². The highest BCUT2D eigenvalue weighted by atomic mass is 127. The van der Waals surface area contributed by atoms with Gasteiger partial charge in [-0.2, -0.15) is 0 Å². The molecule has 1 amide bonds. The van der Waals surface area contributed by atoms with Crippen LogP contribution >= 0.6 is 22.6 Å². The molecule has 0 radical (unpaired) electrons. The minimum absolute atomic E-state index is 0.0595. The fourth-order valence-electron chi connectivity index (χ4n) is 2.68. The van der Waals surface area contributed by atoms with Gasteiger partial charge in [0.05, 0.1) is 5.92 Å². The van der Waals surface area contributed by atoms with Crippen LogP contribution in [0.5, 0.6) is 5.75 Å². The second-order valence-electron chi connectivity index (χ2n) is 5.83. The third-order valence-electron chi connectivity index (χ3n) is 4.01. The zero-order valence-electron chi connectivity index (χ0n) is 13.5. The van der Waals surface area contributed by atoms with E-state index in [9.17, 15) is 9.90 Å². The lowest BCUT2D eigenvalue weighted by atomic mass is 9.91. The molecule has 2 N–H and O–H groups in total. The quantitative estimate of drug-likeness (QED) is 0.548. The Balaban J connectivity index is 1.85. The summed E-state index contributed by atoms with van der Waals surface area (Å²) in [7, 11) is 0. The molecule has 0 bridgehead atoms. The topological polar surface area (TPSA) is 49.3 Å². The maximum absolute atomic E-state index is 12.9. The molecule has 3 aromatic carbocycles. The molecule has 4 heteroatoms. The normalized spacial score (nSPS) is 11.7. The van der Waals surface area contributed by atoms with Gasteiger partial charge in [0.1, 0.15) is 5.75 Å². The summed E-state index contributed by atoms with van der Waals surface area (Å²) in [5.41, 5.74) is 2.75. The van der Waals surface area contributed by atoms with Crippen molar-refractivity contribution in [2.75, 3.05) is 5.32 Å². The molecule has 3 rings (SSSR count). The summed E-state index contributed by atoms with van der Waals surface area (Å²) in [6.07, 6.45) is 0.599. The van der Waals surface area contributed by atoms with Crippen molar-refractivity contribution in [2.45, 2.75) is 12.3 Å². The molecule has 3 nitrogen and oxygen atoms in total. The van der Waals surface area contributed by atoms with Crippen LogP contribution in [0.3, 0.4) is 0 Å². The Bertz CT molecular complexity index is 830. The number of amides is 1. The minimum atomic E-state index is -0.331. The number of phenols is 1. The highest BCUT2D eigenvalue weighted by molar-refractivity contribution is 14.1. The molecule has 0 spiro atoms. The van der Waals surface area contributed by atoms with Gasteiger partial charge in [0.15, 0.2) is 0 Å². The predicted octanol–water partition coefficient (Wildman–Crippen LogP) is 4.96. The van der Waals surface area contributed by atoms with Crippen LogP contribution in [0.25, 0.3) is 0 Å². The molecule has 0 heterocycles. The summed E-state index contributed by atoms with van der Waals surface area (Å²) >= 11 is 2.23. The van der Waals surface area contributed by atoms with E-state index < -0.39 is 0 Å². The maximum atomic E-state index is 12.9. The number of carbonyl (C=O) groups is 1. The predicted molar refractivity (Wildman–Crippen MR) is 109 cm³/mol. The fourth-order valence-corrected chi connectivity index (χ4v) is 3.04. The van der Waals surface area contributed by atoms with Crippen LogP contribution < -0.4 is 5.32 Å². The number of aromatic hydroxyl groups is 1. The van der Waals surface area contributed by atoms with Crippen LogP contribution in [-0.4, -0.2) is 11.0 Å². The van der Waals surface area contributed by atoms with Crippen molar-refractivity contribution in [3.05, 3.63) is 93.6 Å². The van der Waals surface area contributed by atoms with Crippen LogP contribution in [0.1, 0.15) is 17.0 Å². The van der Waals surface area contributed by atoms with E-state index in [0.29, 0.717) is 6.42 Å². The first kappa shape index (κ1) is 17.5. The van der Waals surface area contributed by atoms with Crippen molar-refractivity contribution < 1.29 is 9.90 Å².